The van der Waals surface area contributed by atoms with Crippen LogP contribution in [0.2, 0.25) is 0 Å². The molecule has 0 amide bonds. The highest BCUT2D eigenvalue weighted by atomic mass is 15.0. The molecule has 1 fully saturated rings. The highest BCUT2D eigenvalue weighted by Gasteiger charge is 2.22. The maximum Gasteiger partial charge on any atom is 0.0517 e. The Balaban J connectivity index is 1.86. The summed E-state index contributed by atoms with van der Waals surface area (Å²) >= 11 is 0. The smallest absolute Gasteiger partial charge is 0.0517 e. The van der Waals surface area contributed by atoms with Crippen LogP contribution < -0.4 is 5.32 Å². The summed E-state index contributed by atoms with van der Waals surface area (Å²) in [5.41, 5.74) is 6.19. The predicted molar refractivity (Wildman–Crippen MR) is 79.7 cm³/mol. The molecule has 0 aliphatic carbocycles. The number of nitrogens with one attached hydrogen (secondary N) is 1. The highest BCUT2D eigenvalue weighted by Crippen LogP contribution is 2.33. The summed E-state index contributed by atoms with van der Waals surface area (Å²) in [7, 11) is 0. The first-order chi connectivity index (χ1) is 9.34. The van der Waals surface area contributed by atoms with Gasteiger partial charge in [0.05, 0.1) is 5.52 Å². The molecule has 0 spiro atoms. The van der Waals surface area contributed by atoms with Crippen molar-refractivity contribution < 1.29 is 0 Å². The van der Waals surface area contributed by atoms with Gasteiger partial charge in [-0.25, -0.2) is 0 Å². The molecule has 2 nitrogen and oxygen atoms in total. The quantitative estimate of drug-likeness (QED) is 0.871. The number of hydrogen-bond acceptors (Lipinski definition) is 1. The molecule has 100 valence electrons. The van der Waals surface area contributed by atoms with E-state index in [1.54, 1.807) is 11.1 Å². The number of rotatable bonds is 2. The average molecular weight is 254 g/mol. The van der Waals surface area contributed by atoms with E-state index in [1.807, 2.05) is 0 Å². The Labute approximate surface area is 114 Å². The van der Waals surface area contributed by atoms with Gasteiger partial charge in [-0.2, -0.15) is 0 Å². The average Bonchev–Trinajstić information content (AvgIpc) is 3.04. The molecule has 19 heavy (non-hydrogen) atoms. The third kappa shape index (κ3) is 1.73. The SMILES string of the molecule is Cc1c(CC2CCCN2)c2cccc3c2n1CCC3. The molecule has 2 aliphatic heterocycles. The fraction of sp³-hybridized carbons (Fsp3) is 0.529. The molecule has 0 bridgehead atoms. The fourth-order valence-electron chi connectivity index (χ4n) is 4.02. The van der Waals surface area contributed by atoms with Crippen LogP contribution in [0, 0.1) is 6.92 Å². The van der Waals surface area contributed by atoms with E-state index in [9.17, 15) is 0 Å². The van der Waals surface area contributed by atoms with Crippen LogP contribution in [-0.2, 0) is 19.4 Å². The minimum Gasteiger partial charge on any atom is -0.344 e. The molecule has 0 radical (unpaired) electrons. The number of para-hydroxylation sites is 1. The maximum atomic E-state index is 3.65. The Morgan fingerprint density at radius 3 is 3.11 bits per heavy atom. The summed E-state index contributed by atoms with van der Waals surface area (Å²) in [6, 6.07) is 7.59. The molecule has 1 N–H and O–H groups in total. The van der Waals surface area contributed by atoms with E-state index in [2.05, 4.69) is 35.0 Å². The third-order valence-corrected chi connectivity index (χ3v) is 5.00. The Bertz CT molecular complexity index is 618. The van der Waals surface area contributed by atoms with Gasteiger partial charge in [0.15, 0.2) is 0 Å². The number of benzene rings is 1. The largest absolute Gasteiger partial charge is 0.344 e. The molecule has 1 saturated heterocycles. The number of nitrogens with zero attached hydrogens (tertiary/aromatic N) is 1. The first kappa shape index (κ1) is 11.5. The Morgan fingerprint density at radius 1 is 1.32 bits per heavy atom. The van der Waals surface area contributed by atoms with Gasteiger partial charge in [0.2, 0.25) is 0 Å². The van der Waals surface area contributed by atoms with E-state index in [1.165, 1.54) is 61.8 Å². The van der Waals surface area contributed by atoms with Gasteiger partial charge in [0.25, 0.3) is 0 Å². The molecule has 1 unspecified atom stereocenters. The van der Waals surface area contributed by atoms with Crippen LogP contribution in [-0.4, -0.2) is 17.2 Å². The topological polar surface area (TPSA) is 17.0 Å². The second-order valence-corrected chi connectivity index (χ2v) is 6.13. The number of hydrogen-bond donors (Lipinski definition) is 1. The first-order valence-corrected chi connectivity index (χ1v) is 7.67. The predicted octanol–water partition coefficient (Wildman–Crippen LogP) is 3.19. The standard InChI is InChI=1S/C17H22N2/c1-12-16(11-14-7-3-9-18-14)15-8-2-5-13-6-4-10-19(12)17(13)15/h2,5,8,14,18H,3-4,6-7,9-11H2,1H3. The highest BCUT2D eigenvalue weighted by molar-refractivity contribution is 5.88. The third-order valence-electron chi connectivity index (χ3n) is 5.00. The lowest BCUT2D eigenvalue weighted by molar-refractivity contribution is 0.592. The molecule has 1 atom stereocenters. The molecule has 2 aliphatic rings. The van der Waals surface area contributed by atoms with E-state index in [0.29, 0.717) is 6.04 Å². The Morgan fingerprint density at radius 2 is 2.26 bits per heavy atom. The molecule has 2 aromatic rings. The number of aromatic nitrogens is 1. The van der Waals surface area contributed by atoms with Crippen molar-refractivity contribution in [1.29, 1.82) is 0 Å². The van der Waals surface area contributed by atoms with Crippen LogP contribution in [0.5, 0.6) is 0 Å². The van der Waals surface area contributed by atoms with Crippen molar-refractivity contribution in [2.75, 3.05) is 6.54 Å². The Hall–Kier alpha value is -1.28. The minimum absolute atomic E-state index is 0.696. The maximum absolute atomic E-state index is 3.65. The lowest BCUT2D eigenvalue weighted by Crippen LogP contribution is -2.23. The van der Waals surface area contributed by atoms with Crippen LogP contribution in [0.3, 0.4) is 0 Å². The van der Waals surface area contributed by atoms with Crippen molar-refractivity contribution in [3.05, 3.63) is 35.0 Å². The summed E-state index contributed by atoms with van der Waals surface area (Å²) < 4.78 is 2.57. The zero-order valence-electron chi connectivity index (χ0n) is 11.7. The van der Waals surface area contributed by atoms with Crippen LogP contribution in [0.15, 0.2) is 18.2 Å². The summed E-state index contributed by atoms with van der Waals surface area (Å²) in [5, 5.41) is 5.16. The monoisotopic (exact) mass is 254 g/mol. The van der Waals surface area contributed by atoms with Gasteiger partial charge in [-0.05, 0) is 56.7 Å². The first-order valence-electron chi connectivity index (χ1n) is 7.67. The summed E-state index contributed by atoms with van der Waals surface area (Å²) in [4.78, 5) is 0. The lowest BCUT2D eigenvalue weighted by atomic mass is 9.99. The van der Waals surface area contributed by atoms with Crippen molar-refractivity contribution in [2.24, 2.45) is 0 Å². The minimum atomic E-state index is 0.696. The van der Waals surface area contributed by atoms with Crippen LogP contribution >= 0.6 is 0 Å². The van der Waals surface area contributed by atoms with E-state index < -0.39 is 0 Å². The molecule has 1 aromatic carbocycles. The van der Waals surface area contributed by atoms with Gasteiger partial charge < -0.3 is 9.88 Å². The van der Waals surface area contributed by atoms with Crippen molar-refractivity contribution in [3.63, 3.8) is 0 Å². The van der Waals surface area contributed by atoms with Crippen LogP contribution in [0.1, 0.15) is 36.1 Å². The van der Waals surface area contributed by atoms with Gasteiger partial charge >= 0.3 is 0 Å². The Kier molecular flexibility index (Phi) is 2.66. The molecular formula is C17H22N2. The molecule has 2 heteroatoms. The normalized spacial score (nSPS) is 22.3. The van der Waals surface area contributed by atoms with E-state index in [0.717, 1.165) is 0 Å². The molecular weight excluding hydrogens is 232 g/mol. The van der Waals surface area contributed by atoms with Crippen molar-refractivity contribution in [1.82, 2.24) is 9.88 Å². The zero-order valence-corrected chi connectivity index (χ0v) is 11.7. The number of aryl methyl sites for hydroxylation is 2. The molecule has 0 saturated carbocycles. The molecule has 1 aromatic heterocycles. The molecule has 4 rings (SSSR count). The fourth-order valence-corrected chi connectivity index (χ4v) is 4.02. The van der Waals surface area contributed by atoms with Crippen molar-refractivity contribution in [3.8, 4) is 0 Å². The lowest BCUT2D eigenvalue weighted by Gasteiger charge is -2.16. The van der Waals surface area contributed by atoms with E-state index in [-0.39, 0.29) is 0 Å². The summed E-state index contributed by atoms with van der Waals surface area (Å²) in [6.45, 7) is 4.73. The van der Waals surface area contributed by atoms with E-state index >= 15 is 0 Å². The molecule has 3 heterocycles. The van der Waals surface area contributed by atoms with Gasteiger partial charge in [-0.1, -0.05) is 18.2 Å². The van der Waals surface area contributed by atoms with Crippen LogP contribution in [0.25, 0.3) is 10.9 Å². The van der Waals surface area contributed by atoms with Gasteiger partial charge in [-0.3, -0.25) is 0 Å². The van der Waals surface area contributed by atoms with Crippen molar-refractivity contribution in [2.45, 2.75) is 51.6 Å². The van der Waals surface area contributed by atoms with Gasteiger partial charge in [0.1, 0.15) is 0 Å². The summed E-state index contributed by atoms with van der Waals surface area (Å²) in [5.74, 6) is 0. The second kappa shape index (κ2) is 4.38. The van der Waals surface area contributed by atoms with Crippen LogP contribution in [0.4, 0.5) is 0 Å². The van der Waals surface area contributed by atoms with Crippen molar-refractivity contribution >= 4 is 10.9 Å². The zero-order chi connectivity index (χ0) is 12.8. The second-order valence-electron chi connectivity index (χ2n) is 6.13. The summed E-state index contributed by atoms with van der Waals surface area (Å²) in [6.07, 6.45) is 6.43. The van der Waals surface area contributed by atoms with Gasteiger partial charge in [0, 0.05) is 23.7 Å². The van der Waals surface area contributed by atoms with Gasteiger partial charge in [-0.15, -0.1) is 0 Å². The van der Waals surface area contributed by atoms with E-state index in [4.69, 9.17) is 0 Å².